The molecule has 0 fully saturated rings. The predicted octanol–water partition coefficient (Wildman–Crippen LogP) is 1.90. The fourth-order valence-electron chi connectivity index (χ4n) is 1.29. The fraction of sp³-hybridized carbons (Fsp3) is 0.182. The molecule has 0 bridgehead atoms. The molecule has 0 aliphatic carbocycles. The number of hydrogen-bond donors (Lipinski definition) is 1. The van der Waals surface area contributed by atoms with Gasteiger partial charge in [-0.1, -0.05) is 11.8 Å². The normalized spacial score (nSPS) is 10.5. The summed E-state index contributed by atoms with van der Waals surface area (Å²) in [4.78, 5) is 21.6. The standard InChI is InChI=1S/C11H10FN3OS/c1-7-4-10(16)15-11(14-7)17-6-8-2-3-13-5-9(8)12/h2-5H,6H2,1H3,(H,14,15,16). The van der Waals surface area contributed by atoms with E-state index in [1.54, 1.807) is 13.0 Å². The second-order valence-corrected chi connectivity index (χ2v) is 4.41. The number of nitrogens with one attached hydrogen (secondary N) is 1. The molecule has 0 amide bonds. The van der Waals surface area contributed by atoms with E-state index in [9.17, 15) is 9.18 Å². The average Bonchev–Trinajstić information content (AvgIpc) is 2.27. The molecule has 0 atom stereocenters. The minimum Gasteiger partial charge on any atom is -0.301 e. The summed E-state index contributed by atoms with van der Waals surface area (Å²) in [6, 6.07) is 3.02. The monoisotopic (exact) mass is 251 g/mol. The zero-order valence-electron chi connectivity index (χ0n) is 9.11. The Bertz CT molecular complexity index is 585. The van der Waals surface area contributed by atoms with Crippen LogP contribution in [0.1, 0.15) is 11.3 Å². The third-order valence-electron chi connectivity index (χ3n) is 2.07. The Morgan fingerprint density at radius 3 is 3.06 bits per heavy atom. The molecule has 0 radical (unpaired) electrons. The minimum atomic E-state index is -0.352. The number of thioether (sulfide) groups is 1. The molecule has 2 aromatic rings. The van der Waals surface area contributed by atoms with E-state index in [-0.39, 0.29) is 11.4 Å². The topological polar surface area (TPSA) is 58.6 Å². The highest BCUT2D eigenvalue weighted by Crippen LogP contribution is 2.19. The average molecular weight is 251 g/mol. The van der Waals surface area contributed by atoms with Crippen LogP contribution in [0.3, 0.4) is 0 Å². The van der Waals surface area contributed by atoms with Gasteiger partial charge >= 0.3 is 0 Å². The van der Waals surface area contributed by atoms with Gasteiger partial charge in [-0.15, -0.1) is 0 Å². The Balaban J connectivity index is 2.13. The van der Waals surface area contributed by atoms with Crippen molar-refractivity contribution >= 4 is 11.8 Å². The van der Waals surface area contributed by atoms with E-state index in [2.05, 4.69) is 15.0 Å². The van der Waals surface area contributed by atoms with Crippen LogP contribution >= 0.6 is 11.8 Å². The first-order chi connectivity index (χ1) is 8.15. The Morgan fingerprint density at radius 1 is 1.53 bits per heavy atom. The van der Waals surface area contributed by atoms with Crippen LogP contribution in [0.25, 0.3) is 0 Å². The van der Waals surface area contributed by atoms with Gasteiger partial charge in [0, 0.05) is 29.3 Å². The number of nitrogens with zero attached hydrogens (tertiary/aromatic N) is 2. The first-order valence-electron chi connectivity index (χ1n) is 4.94. The molecule has 0 aliphatic rings. The second kappa shape index (κ2) is 5.09. The smallest absolute Gasteiger partial charge is 0.251 e. The molecule has 1 N–H and O–H groups in total. The molecule has 0 aromatic carbocycles. The van der Waals surface area contributed by atoms with Crippen molar-refractivity contribution in [3.63, 3.8) is 0 Å². The number of aromatic nitrogens is 3. The third-order valence-corrected chi connectivity index (χ3v) is 2.99. The Morgan fingerprint density at radius 2 is 2.35 bits per heavy atom. The molecule has 0 saturated heterocycles. The zero-order valence-corrected chi connectivity index (χ0v) is 9.92. The lowest BCUT2D eigenvalue weighted by Crippen LogP contribution is -2.08. The van der Waals surface area contributed by atoms with Crippen molar-refractivity contribution in [2.75, 3.05) is 0 Å². The Kier molecular flexibility index (Phi) is 3.53. The molecular formula is C11H10FN3OS. The third kappa shape index (κ3) is 3.13. The summed E-state index contributed by atoms with van der Waals surface area (Å²) in [5.74, 6) is 0.0517. The highest BCUT2D eigenvalue weighted by molar-refractivity contribution is 7.98. The Hall–Kier alpha value is -1.69. The molecule has 0 aliphatic heterocycles. The summed E-state index contributed by atoms with van der Waals surface area (Å²) >= 11 is 1.28. The van der Waals surface area contributed by atoms with E-state index in [1.165, 1.54) is 30.2 Å². The van der Waals surface area contributed by atoms with Gasteiger partial charge in [0.2, 0.25) is 0 Å². The lowest BCUT2D eigenvalue weighted by atomic mass is 10.3. The highest BCUT2D eigenvalue weighted by atomic mass is 32.2. The van der Waals surface area contributed by atoms with Crippen molar-refractivity contribution in [1.82, 2.24) is 15.0 Å². The first kappa shape index (κ1) is 11.8. The lowest BCUT2D eigenvalue weighted by molar-refractivity contribution is 0.610. The van der Waals surface area contributed by atoms with Crippen molar-refractivity contribution < 1.29 is 4.39 Å². The van der Waals surface area contributed by atoms with Gasteiger partial charge in [0.1, 0.15) is 5.82 Å². The number of aryl methyl sites for hydroxylation is 1. The highest BCUT2D eigenvalue weighted by Gasteiger charge is 2.04. The molecule has 88 valence electrons. The van der Waals surface area contributed by atoms with Gasteiger partial charge in [-0.2, -0.15) is 0 Å². The summed E-state index contributed by atoms with van der Waals surface area (Å²) in [7, 11) is 0. The van der Waals surface area contributed by atoms with Gasteiger partial charge in [0.05, 0.1) is 6.20 Å². The molecule has 0 saturated carbocycles. The van der Waals surface area contributed by atoms with Crippen molar-refractivity contribution in [2.45, 2.75) is 17.8 Å². The number of H-pyrrole nitrogens is 1. The quantitative estimate of drug-likeness (QED) is 0.668. The fourth-order valence-corrected chi connectivity index (χ4v) is 2.19. The molecule has 0 unspecified atom stereocenters. The van der Waals surface area contributed by atoms with E-state index < -0.39 is 0 Å². The number of rotatable bonds is 3. The van der Waals surface area contributed by atoms with E-state index in [1.807, 2.05) is 0 Å². The lowest BCUT2D eigenvalue weighted by Gasteiger charge is -2.02. The molecule has 6 heteroatoms. The van der Waals surface area contributed by atoms with Gasteiger partial charge in [-0.25, -0.2) is 9.37 Å². The minimum absolute atomic E-state index is 0.199. The number of aromatic amines is 1. The molecule has 2 aromatic heterocycles. The molecule has 4 nitrogen and oxygen atoms in total. The van der Waals surface area contributed by atoms with Crippen molar-refractivity contribution in [3.05, 3.63) is 52.0 Å². The van der Waals surface area contributed by atoms with Crippen molar-refractivity contribution in [2.24, 2.45) is 0 Å². The number of halogens is 1. The SMILES string of the molecule is Cc1cc(=O)[nH]c(SCc2ccncc2F)n1. The first-order valence-corrected chi connectivity index (χ1v) is 5.93. The zero-order chi connectivity index (χ0) is 12.3. The van der Waals surface area contributed by atoms with Crippen LogP contribution in [0.15, 0.2) is 34.5 Å². The predicted molar refractivity (Wildman–Crippen MR) is 63.4 cm³/mol. The van der Waals surface area contributed by atoms with Crippen molar-refractivity contribution in [3.8, 4) is 0 Å². The van der Waals surface area contributed by atoms with E-state index in [4.69, 9.17) is 0 Å². The number of hydrogen-bond acceptors (Lipinski definition) is 4. The van der Waals surface area contributed by atoms with Gasteiger partial charge in [0.25, 0.3) is 5.56 Å². The van der Waals surface area contributed by atoms with E-state index in [0.717, 1.165) is 0 Å². The van der Waals surface area contributed by atoms with Crippen LogP contribution in [0.4, 0.5) is 4.39 Å². The van der Waals surface area contributed by atoms with Crippen LogP contribution in [-0.2, 0) is 5.75 Å². The van der Waals surface area contributed by atoms with Crippen LogP contribution in [0.2, 0.25) is 0 Å². The maximum Gasteiger partial charge on any atom is 0.251 e. The van der Waals surface area contributed by atoms with Crippen LogP contribution in [-0.4, -0.2) is 15.0 Å². The van der Waals surface area contributed by atoms with Gasteiger partial charge in [0.15, 0.2) is 5.16 Å². The van der Waals surface area contributed by atoms with E-state index in [0.29, 0.717) is 22.2 Å². The van der Waals surface area contributed by atoms with Gasteiger partial charge < -0.3 is 4.98 Å². The Labute approximate surface area is 101 Å². The van der Waals surface area contributed by atoms with E-state index >= 15 is 0 Å². The second-order valence-electron chi connectivity index (χ2n) is 3.45. The van der Waals surface area contributed by atoms with Crippen LogP contribution in [0, 0.1) is 12.7 Å². The molecule has 0 spiro atoms. The van der Waals surface area contributed by atoms with Crippen LogP contribution < -0.4 is 5.56 Å². The molecule has 2 rings (SSSR count). The molecular weight excluding hydrogens is 241 g/mol. The maximum absolute atomic E-state index is 13.3. The van der Waals surface area contributed by atoms with Crippen molar-refractivity contribution in [1.29, 1.82) is 0 Å². The number of pyridine rings is 1. The summed E-state index contributed by atoms with van der Waals surface area (Å²) in [5.41, 5.74) is 0.982. The maximum atomic E-state index is 13.3. The molecule has 2 heterocycles. The van der Waals surface area contributed by atoms with Gasteiger partial charge in [-0.05, 0) is 13.0 Å². The molecule has 17 heavy (non-hydrogen) atoms. The summed E-state index contributed by atoms with van der Waals surface area (Å²) in [5, 5.41) is 0.492. The summed E-state index contributed by atoms with van der Waals surface area (Å²) in [6.07, 6.45) is 2.70. The van der Waals surface area contributed by atoms with Gasteiger partial charge in [-0.3, -0.25) is 9.78 Å². The summed E-state index contributed by atoms with van der Waals surface area (Å²) in [6.45, 7) is 1.74. The van der Waals surface area contributed by atoms with Crippen LogP contribution in [0.5, 0.6) is 0 Å². The summed E-state index contributed by atoms with van der Waals surface area (Å²) < 4.78 is 13.3. The largest absolute Gasteiger partial charge is 0.301 e.